The first-order chi connectivity index (χ1) is 8.17. The summed E-state index contributed by atoms with van der Waals surface area (Å²) in [5.41, 5.74) is 1.52. The lowest BCUT2D eigenvalue weighted by atomic mass is 10.2. The molecule has 0 amide bonds. The van der Waals surface area contributed by atoms with Crippen molar-refractivity contribution < 1.29 is 9.50 Å². The van der Waals surface area contributed by atoms with Gasteiger partial charge in [-0.1, -0.05) is 0 Å². The molecule has 0 aliphatic rings. The molecule has 0 radical (unpaired) electrons. The van der Waals surface area contributed by atoms with E-state index in [1.54, 1.807) is 18.5 Å². The molecule has 0 unspecified atom stereocenters. The standard InChI is InChI=1S/C12H11FN2OS/c1-8-5-14-12(15-6-8)17-11-3-9(7-16)2-10(13)4-11/h2-6,16H,7H2,1H3. The van der Waals surface area contributed by atoms with Gasteiger partial charge in [-0.2, -0.15) is 0 Å². The van der Waals surface area contributed by atoms with E-state index in [-0.39, 0.29) is 12.4 Å². The Hall–Kier alpha value is -1.46. The van der Waals surface area contributed by atoms with Crippen LogP contribution in [0, 0.1) is 12.7 Å². The van der Waals surface area contributed by atoms with Gasteiger partial charge in [-0.15, -0.1) is 0 Å². The van der Waals surface area contributed by atoms with E-state index >= 15 is 0 Å². The summed E-state index contributed by atoms with van der Waals surface area (Å²) in [4.78, 5) is 8.93. The van der Waals surface area contributed by atoms with Crippen molar-refractivity contribution in [2.45, 2.75) is 23.6 Å². The first-order valence-electron chi connectivity index (χ1n) is 5.04. The second-order valence-corrected chi connectivity index (χ2v) is 4.64. The van der Waals surface area contributed by atoms with Gasteiger partial charge >= 0.3 is 0 Å². The van der Waals surface area contributed by atoms with Gasteiger partial charge in [0.15, 0.2) is 5.16 Å². The third kappa shape index (κ3) is 3.25. The van der Waals surface area contributed by atoms with Crippen molar-refractivity contribution in [3.05, 3.63) is 47.5 Å². The van der Waals surface area contributed by atoms with E-state index in [9.17, 15) is 4.39 Å². The predicted octanol–water partition coefficient (Wildman–Crippen LogP) is 2.57. The van der Waals surface area contributed by atoms with Gasteiger partial charge in [0, 0.05) is 17.3 Å². The summed E-state index contributed by atoms with van der Waals surface area (Å²) in [6.45, 7) is 1.72. The minimum atomic E-state index is -0.369. The molecule has 0 aliphatic heterocycles. The minimum absolute atomic E-state index is 0.180. The lowest BCUT2D eigenvalue weighted by Gasteiger charge is -2.03. The lowest BCUT2D eigenvalue weighted by molar-refractivity contribution is 0.281. The Labute approximate surface area is 103 Å². The van der Waals surface area contributed by atoms with Crippen LogP contribution in [-0.4, -0.2) is 15.1 Å². The summed E-state index contributed by atoms with van der Waals surface area (Å²) in [6.07, 6.45) is 3.42. The van der Waals surface area contributed by atoms with Crippen molar-refractivity contribution in [3.8, 4) is 0 Å². The molecule has 1 N–H and O–H groups in total. The smallest absolute Gasteiger partial charge is 0.192 e. The molecule has 1 aromatic carbocycles. The number of hydrogen-bond donors (Lipinski definition) is 1. The monoisotopic (exact) mass is 250 g/mol. The highest BCUT2D eigenvalue weighted by Gasteiger charge is 2.04. The summed E-state index contributed by atoms with van der Waals surface area (Å²) in [7, 11) is 0. The van der Waals surface area contributed by atoms with Crippen molar-refractivity contribution >= 4 is 11.8 Å². The van der Waals surface area contributed by atoms with Gasteiger partial charge in [0.05, 0.1) is 6.61 Å². The largest absolute Gasteiger partial charge is 0.392 e. The van der Waals surface area contributed by atoms with Crippen molar-refractivity contribution in [2.75, 3.05) is 0 Å². The molecule has 0 fully saturated rings. The maximum Gasteiger partial charge on any atom is 0.192 e. The number of halogens is 1. The third-order valence-electron chi connectivity index (χ3n) is 2.08. The van der Waals surface area contributed by atoms with Gasteiger partial charge in [0.1, 0.15) is 5.82 Å². The van der Waals surface area contributed by atoms with E-state index in [1.807, 2.05) is 6.92 Å². The molecule has 1 aromatic heterocycles. The number of benzene rings is 1. The Kier molecular flexibility index (Phi) is 3.71. The molecular formula is C12H11FN2OS. The van der Waals surface area contributed by atoms with Crippen molar-refractivity contribution in [3.63, 3.8) is 0 Å². The van der Waals surface area contributed by atoms with Crippen LogP contribution in [0.3, 0.4) is 0 Å². The average Bonchev–Trinajstić information content (AvgIpc) is 2.31. The van der Waals surface area contributed by atoms with Crippen LogP contribution in [0.4, 0.5) is 4.39 Å². The molecule has 3 nitrogen and oxygen atoms in total. The molecule has 0 spiro atoms. The molecule has 5 heteroatoms. The highest BCUT2D eigenvalue weighted by molar-refractivity contribution is 7.99. The number of nitrogens with zero attached hydrogens (tertiary/aromatic N) is 2. The predicted molar refractivity (Wildman–Crippen MR) is 63.2 cm³/mol. The normalized spacial score (nSPS) is 10.5. The summed E-state index contributed by atoms with van der Waals surface area (Å²) in [5, 5.41) is 9.54. The van der Waals surface area contributed by atoms with E-state index in [1.165, 1.54) is 23.9 Å². The van der Waals surface area contributed by atoms with Crippen molar-refractivity contribution in [1.29, 1.82) is 0 Å². The SMILES string of the molecule is Cc1cnc(Sc2cc(F)cc(CO)c2)nc1. The van der Waals surface area contributed by atoms with E-state index in [0.717, 1.165) is 5.56 Å². The third-order valence-corrected chi connectivity index (χ3v) is 2.94. The second-order valence-electron chi connectivity index (χ2n) is 3.60. The number of hydrogen-bond acceptors (Lipinski definition) is 4. The minimum Gasteiger partial charge on any atom is -0.392 e. The zero-order valence-corrected chi connectivity index (χ0v) is 10.0. The first kappa shape index (κ1) is 12.0. The molecule has 17 heavy (non-hydrogen) atoms. The molecule has 2 rings (SSSR count). The summed E-state index contributed by atoms with van der Waals surface area (Å²) < 4.78 is 13.2. The van der Waals surface area contributed by atoms with Crippen LogP contribution in [0.25, 0.3) is 0 Å². The fourth-order valence-electron chi connectivity index (χ4n) is 1.31. The Bertz CT molecular complexity index is 516. The molecule has 88 valence electrons. The van der Waals surface area contributed by atoms with Crippen LogP contribution in [-0.2, 0) is 6.61 Å². The number of aryl methyl sites for hydroxylation is 1. The Morgan fingerprint density at radius 1 is 1.24 bits per heavy atom. The maximum absolute atomic E-state index is 13.2. The molecule has 0 aliphatic carbocycles. The second kappa shape index (κ2) is 5.25. The van der Waals surface area contributed by atoms with E-state index in [0.29, 0.717) is 15.6 Å². The van der Waals surface area contributed by atoms with Crippen LogP contribution in [0.5, 0.6) is 0 Å². The molecular weight excluding hydrogens is 239 g/mol. The van der Waals surface area contributed by atoms with Crippen LogP contribution >= 0.6 is 11.8 Å². The molecule has 0 bridgehead atoms. The van der Waals surface area contributed by atoms with Gasteiger partial charge < -0.3 is 5.11 Å². The van der Waals surface area contributed by atoms with Crippen LogP contribution in [0.15, 0.2) is 40.6 Å². The molecule has 0 saturated heterocycles. The topological polar surface area (TPSA) is 46.0 Å². The zero-order valence-electron chi connectivity index (χ0n) is 9.22. The maximum atomic E-state index is 13.2. The Morgan fingerprint density at radius 3 is 2.59 bits per heavy atom. The quantitative estimate of drug-likeness (QED) is 0.850. The van der Waals surface area contributed by atoms with Gasteiger partial charge in [0.25, 0.3) is 0 Å². The van der Waals surface area contributed by atoms with Crippen molar-refractivity contribution in [2.24, 2.45) is 0 Å². The van der Waals surface area contributed by atoms with Gasteiger partial charge in [-0.05, 0) is 48.0 Å². The number of aromatic nitrogens is 2. The molecule has 0 saturated carbocycles. The average molecular weight is 250 g/mol. The first-order valence-corrected chi connectivity index (χ1v) is 5.86. The van der Waals surface area contributed by atoms with Gasteiger partial charge in [0.2, 0.25) is 0 Å². The van der Waals surface area contributed by atoms with E-state index in [4.69, 9.17) is 5.11 Å². The van der Waals surface area contributed by atoms with E-state index in [2.05, 4.69) is 9.97 Å². The molecule has 2 aromatic rings. The lowest BCUT2D eigenvalue weighted by Crippen LogP contribution is -1.89. The molecule has 0 atom stereocenters. The summed E-state index contributed by atoms with van der Waals surface area (Å²) in [5.74, 6) is -0.369. The van der Waals surface area contributed by atoms with E-state index < -0.39 is 0 Å². The van der Waals surface area contributed by atoms with Crippen LogP contribution in [0.2, 0.25) is 0 Å². The molecule has 1 heterocycles. The Morgan fingerprint density at radius 2 is 1.94 bits per heavy atom. The van der Waals surface area contributed by atoms with Crippen LogP contribution in [0.1, 0.15) is 11.1 Å². The summed E-state index contributed by atoms with van der Waals surface area (Å²) >= 11 is 1.27. The number of aliphatic hydroxyl groups is 1. The fourth-order valence-corrected chi connectivity index (χ4v) is 2.11. The van der Waals surface area contributed by atoms with Crippen LogP contribution < -0.4 is 0 Å². The highest BCUT2D eigenvalue weighted by atomic mass is 32.2. The highest BCUT2D eigenvalue weighted by Crippen LogP contribution is 2.26. The Balaban J connectivity index is 2.23. The fraction of sp³-hybridized carbons (Fsp3) is 0.167. The number of aliphatic hydroxyl groups excluding tert-OH is 1. The van der Waals surface area contributed by atoms with Gasteiger partial charge in [-0.3, -0.25) is 0 Å². The summed E-state index contributed by atoms with van der Waals surface area (Å²) in [6, 6.07) is 4.42. The zero-order chi connectivity index (χ0) is 12.3. The number of rotatable bonds is 3. The van der Waals surface area contributed by atoms with Crippen molar-refractivity contribution in [1.82, 2.24) is 9.97 Å². The van der Waals surface area contributed by atoms with Gasteiger partial charge in [-0.25, -0.2) is 14.4 Å².